The highest BCUT2D eigenvalue weighted by molar-refractivity contribution is 5.79. The maximum absolute atomic E-state index is 11.9. The number of aliphatic hydroxyl groups is 3. The van der Waals surface area contributed by atoms with Crippen LogP contribution in [0, 0.1) is 5.92 Å². The standard InChI is InChI=1S/C11H22N2O4/c12-9-3-1-2-8(4-9)10(17)13-11(5-14,6-15)7-16/h8-9,14-16H,1-7,12H2,(H,13,17). The molecule has 1 aliphatic rings. The van der Waals surface area contributed by atoms with Crippen molar-refractivity contribution in [3.05, 3.63) is 0 Å². The molecule has 1 aliphatic carbocycles. The van der Waals surface area contributed by atoms with E-state index in [1.807, 2.05) is 0 Å². The van der Waals surface area contributed by atoms with Crippen LogP contribution >= 0.6 is 0 Å². The Balaban J connectivity index is 2.57. The average Bonchev–Trinajstić information content (AvgIpc) is 2.36. The molecular formula is C11H22N2O4. The minimum absolute atomic E-state index is 0.0336. The Morgan fingerprint density at radius 1 is 1.24 bits per heavy atom. The zero-order valence-corrected chi connectivity index (χ0v) is 9.93. The fraction of sp³-hybridized carbons (Fsp3) is 0.909. The predicted molar refractivity (Wildman–Crippen MR) is 62.1 cm³/mol. The van der Waals surface area contributed by atoms with Crippen LogP contribution in [0.5, 0.6) is 0 Å². The Labute approximate surface area is 101 Å². The van der Waals surface area contributed by atoms with E-state index in [0.29, 0.717) is 6.42 Å². The van der Waals surface area contributed by atoms with Crippen LogP contribution in [0.15, 0.2) is 0 Å². The van der Waals surface area contributed by atoms with Crippen LogP contribution < -0.4 is 11.1 Å². The fourth-order valence-corrected chi connectivity index (χ4v) is 2.10. The maximum atomic E-state index is 11.9. The van der Waals surface area contributed by atoms with Gasteiger partial charge in [0.1, 0.15) is 5.54 Å². The van der Waals surface area contributed by atoms with Crippen molar-refractivity contribution in [1.82, 2.24) is 5.32 Å². The van der Waals surface area contributed by atoms with Gasteiger partial charge in [-0.1, -0.05) is 6.42 Å². The zero-order chi connectivity index (χ0) is 12.9. The molecule has 100 valence electrons. The normalized spacial score (nSPS) is 25.6. The van der Waals surface area contributed by atoms with E-state index in [1.165, 1.54) is 0 Å². The monoisotopic (exact) mass is 246 g/mol. The Hall–Kier alpha value is -0.690. The molecule has 6 N–H and O–H groups in total. The van der Waals surface area contributed by atoms with Crippen molar-refractivity contribution in [2.45, 2.75) is 37.3 Å². The van der Waals surface area contributed by atoms with Crippen molar-refractivity contribution >= 4 is 5.91 Å². The topological polar surface area (TPSA) is 116 Å². The summed E-state index contributed by atoms with van der Waals surface area (Å²) in [6.07, 6.45) is 3.21. The largest absolute Gasteiger partial charge is 0.394 e. The molecule has 1 amide bonds. The van der Waals surface area contributed by atoms with E-state index in [4.69, 9.17) is 21.1 Å². The minimum atomic E-state index is -1.33. The summed E-state index contributed by atoms with van der Waals surface area (Å²) in [4.78, 5) is 11.9. The van der Waals surface area contributed by atoms with Crippen molar-refractivity contribution in [1.29, 1.82) is 0 Å². The van der Waals surface area contributed by atoms with E-state index < -0.39 is 25.4 Å². The molecule has 6 heteroatoms. The molecule has 0 aromatic carbocycles. The number of hydrogen-bond donors (Lipinski definition) is 5. The molecular weight excluding hydrogens is 224 g/mol. The number of carbonyl (C=O) groups is 1. The molecule has 2 unspecified atom stereocenters. The van der Waals surface area contributed by atoms with Crippen LogP contribution in [0.25, 0.3) is 0 Å². The summed E-state index contributed by atoms with van der Waals surface area (Å²) >= 11 is 0. The van der Waals surface area contributed by atoms with Gasteiger partial charge in [0, 0.05) is 12.0 Å². The molecule has 2 atom stereocenters. The number of rotatable bonds is 5. The molecule has 0 radical (unpaired) electrons. The van der Waals surface area contributed by atoms with Gasteiger partial charge in [0.05, 0.1) is 19.8 Å². The zero-order valence-electron chi connectivity index (χ0n) is 9.93. The van der Waals surface area contributed by atoms with Gasteiger partial charge in [0.25, 0.3) is 0 Å². The number of nitrogens with one attached hydrogen (secondary N) is 1. The number of hydrogen-bond acceptors (Lipinski definition) is 5. The van der Waals surface area contributed by atoms with Crippen molar-refractivity contribution < 1.29 is 20.1 Å². The van der Waals surface area contributed by atoms with Gasteiger partial charge < -0.3 is 26.4 Å². The lowest BCUT2D eigenvalue weighted by atomic mass is 9.85. The van der Waals surface area contributed by atoms with Crippen molar-refractivity contribution in [2.75, 3.05) is 19.8 Å². The molecule has 0 heterocycles. The molecule has 1 rings (SSSR count). The van der Waals surface area contributed by atoms with Gasteiger partial charge in [0.15, 0.2) is 0 Å². The second-order valence-electron chi connectivity index (χ2n) is 4.87. The summed E-state index contributed by atoms with van der Waals surface area (Å²) < 4.78 is 0. The summed E-state index contributed by atoms with van der Waals surface area (Å²) in [6.45, 7) is -1.49. The van der Waals surface area contributed by atoms with Crippen LogP contribution in [0.2, 0.25) is 0 Å². The van der Waals surface area contributed by atoms with E-state index in [2.05, 4.69) is 5.32 Å². The van der Waals surface area contributed by atoms with E-state index in [-0.39, 0.29) is 17.9 Å². The van der Waals surface area contributed by atoms with E-state index in [9.17, 15) is 4.79 Å². The Kier molecular flexibility index (Phi) is 5.32. The second-order valence-corrected chi connectivity index (χ2v) is 4.87. The molecule has 17 heavy (non-hydrogen) atoms. The summed E-state index contributed by atoms with van der Waals surface area (Å²) in [5.74, 6) is -0.444. The highest BCUT2D eigenvalue weighted by atomic mass is 16.3. The highest BCUT2D eigenvalue weighted by Gasteiger charge is 2.34. The summed E-state index contributed by atoms with van der Waals surface area (Å²) in [5.41, 5.74) is 4.46. The van der Waals surface area contributed by atoms with Crippen LogP contribution in [-0.2, 0) is 4.79 Å². The number of amides is 1. The third kappa shape index (κ3) is 3.64. The van der Waals surface area contributed by atoms with E-state index >= 15 is 0 Å². The number of nitrogens with two attached hydrogens (primary N) is 1. The van der Waals surface area contributed by atoms with E-state index in [0.717, 1.165) is 19.3 Å². The quantitative estimate of drug-likeness (QED) is 0.398. The van der Waals surface area contributed by atoms with Gasteiger partial charge >= 0.3 is 0 Å². The lowest BCUT2D eigenvalue weighted by molar-refractivity contribution is -0.130. The van der Waals surface area contributed by atoms with E-state index in [1.54, 1.807) is 0 Å². The second kappa shape index (κ2) is 6.30. The SMILES string of the molecule is NC1CCCC(C(=O)NC(CO)(CO)CO)C1. The first-order valence-corrected chi connectivity index (χ1v) is 5.97. The Bertz CT molecular complexity index is 248. The predicted octanol–water partition coefficient (Wildman–Crippen LogP) is -1.66. The van der Waals surface area contributed by atoms with Crippen molar-refractivity contribution in [3.63, 3.8) is 0 Å². The van der Waals surface area contributed by atoms with Gasteiger partial charge in [0.2, 0.25) is 5.91 Å². The summed E-state index contributed by atoms with van der Waals surface area (Å²) in [5, 5.41) is 29.9. The van der Waals surface area contributed by atoms with Crippen LogP contribution in [0.4, 0.5) is 0 Å². The fourth-order valence-electron chi connectivity index (χ4n) is 2.10. The van der Waals surface area contributed by atoms with Gasteiger partial charge in [-0.05, 0) is 19.3 Å². The molecule has 1 saturated carbocycles. The lowest BCUT2D eigenvalue weighted by Gasteiger charge is -2.32. The first kappa shape index (κ1) is 14.4. The molecule has 6 nitrogen and oxygen atoms in total. The first-order chi connectivity index (χ1) is 8.06. The summed E-state index contributed by atoms with van der Waals surface area (Å²) in [7, 11) is 0. The minimum Gasteiger partial charge on any atom is -0.394 e. The summed E-state index contributed by atoms with van der Waals surface area (Å²) in [6, 6.07) is 0.0336. The molecule has 0 bridgehead atoms. The molecule has 1 fully saturated rings. The van der Waals surface area contributed by atoms with Gasteiger partial charge in [-0.25, -0.2) is 0 Å². The highest BCUT2D eigenvalue weighted by Crippen LogP contribution is 2.23. The van der Waals surface area contributed by atoms with Gasteiger partial charge in [-0.2, -0.15) is 0 Å². The van der Waals surface area contributed by atoms with Gasteiger partial charge in [-0.3, -0.25) is 4.79 Å². The van der Waals surface area contributed by atoms with Crippen LogP contribution in [0.1, 0.15) is 25.7 Å². The molecule has 0 aromatic rings. The molecule has 0 saturated heterocycles. The van der Waals surface area contributed by atoms with Crippen molar-refractivity contribution in [2.24, 2.45) is 11.7 Å². The molecule has 0 spiro atoms. The first-order valence-electron chi connectivity index (χ1n) is 5.97. The Morgan fingerprint density at radius 2 is 1.82 bits per heavy atom. The maximum Gasteiger partial charge on any atom is 0.223 e. The number of carbonyl (C=O) groups excluding carboxylic acids is 1. The average molecular weight is 246 g/mol. The van der Waals surface area contributed by atoms with Crippen molar-refractivity contribution in [3.8, 4) is 0 Å². The number of aliphatic hydroxyl groups excluding tert-OH is 3. The van der Waals surface area contributed by atoms with Crippen LogP contribution in [-0.4, -0.2) is 52.6 Å². The third-order valence-corrected chi connectivity index (χ3v) is 3.38. The molecule has 0 aromatic heterocycles. The lowest BCUT2D eigenvalue weighted by Crippen LogP contribution is -2.58. The van der Waals surface area contributed by atoms with Crippen LogP contribution in [0.3, 0.4) is 0 Å². The molecule has 0 aliphatic heterocycles. The Morgan fingerprint density at radius 3 is 2.29 bits per heavy atom. The smallest absolute Gasteiger partial charge is 0.223 e. The third-order valence-electron chi connectivity index (χ3n) is 3.38. The van der Waals surface area contributed by atoms with Gasteiger partial charge in [-0.15, -0.1) is 0 Å².